The molecule has 1 saturated carbocycles. The van der Waals surface area contributed by atoms with Crippen LogP contribution in [0.15, 0.2) is 0 Å². The average molecular weight is 195 g/mol. The van der Waals surface area contributed by atoms with E-state index in [1.807, 2.05) is 0 Å². The Balaban J connectivity index is 2.46. The SMILES string of the molecule is CC(C)CC(C)(C)C1[CH]CC(C)CC1. The van der Waals surface area contributed by atoms with Gasteiger partial charge in [-0.2, -0.15) is 0 Å². The molecule has 2 atom stereocenters. The van der Waals surface area contributed by atoms with Crippen LogP contribution in [0.1, 0.15) is 60.3 Å². The lowest BCUT2D eigenvalue weighted by atomic mass is 9.66. The minimum Gasteiger partial charge on any atom is -0.0628 e. The maximum absolute atomic E-state index is 2.59. The molecule has 0 aliphatic heterocycles. The van der Waals surface area contributed by atoms with Gasteiger partial charge in [0.15, 0.2) is 0 Å². The fourth-order valence-electron chi connectivity index (χ4n) is 3.01. The number of hydrogen-bond donors (Lipinski definition) is 0. The molecule has 0 spiro atoms. The molecule has 83 valence electrons. The van der Waals surface area contributed by atoms with Crippen molar-refractivity contribution < 1.29 is 0 Å². The molecule has 0 N–H and O–H groups in total. The predicted octanol–water partition coefficient (Wildman–Crippen LogP) is 4.70. The maximum atomic E-state index is 2.59. The third-order valence-corrected chi connectivity index (χ3v) is 3.73. The summed E-state index contributed by atoms with van der Waals surface area (Å²) in [5, 5.41) is 0. The molecule has 0 bridgehead atoms. The normalized spacial score (nSPS) is 29.6. The highest BCUT2D eigenvalue weighted by atomic mass is 14.4. The molecule has 0 heteroatoms. The van der Waals surface area contributed by atoms with Crippen molar-refractivity contribution in [1.29, 1.82) is 0 Å². The van der Waals surface area contributed by atoms with Crippen molar-refractivity contribution in [2.75, 3.05) is 0 Å². The van der Waals surface area contributed by atoms with Crippen molar-refractivity contribution >= 4 is 0 Å². The van der Waals surface area contributed by atoms with Crippen molar-refractivity contribution in [2.24, 2.45) is 23.2 Å². The van der Waals surface area contributed by atoms with E-state index < -0.39 is 0 Å². The van der Waals surface area contributed by atoms with Crippen molar-refractivity contribution in [3.63, 3.8) is 0 Å². The molecule has 0 aromatic heterocycles. The van der Waals surface area contributed by atoms with Crippen molar-refractivity contribution in [1.82, 2.24) is 0 Å². The largest absolute Gasteiger partial charge is 0.0628 e. The van der Waals surface area contributed by atoms with Crippen LogP contribution >= 0.6 is 0 Å². The minimum atomic E-state index is 0.522. The maximum Gasteiger partial charge on any atom is -0.0321 e. The van der Waals surface area contributed by atoms with Gasteiger partial charge in [-0.25, -0.2) is 0 Å². The first-order valence-electron chi connectivity index (χ1n) is 6.25. The molecule has 1 fully saturated rings. The molecule has 1 aliphatic rings. The Morgan fingerprint density at radius 1 is 1.29 bits per heavy atom. The third-order valence-electron chi connectivity index (χ3n) is 3.73. The van der Waals surface area contributed by atoms with E-state index in [2.05, 4.69) is 41.0 Å². The van der Waals surface area contributed by atoms with Crippen molar-refractivity contribution in [3.05, 3.63) is 6.42 Å². The summed E-state index contributed by atoms with van der Waals surface area (Å²) < 4.78 is 0. The molecule has 0 heterocycles. The fourth-order valence-corrected chi connectivity index (χ4v) is 3.01. The summed E-state index contributed by atoms with van der Waals surface area (Å²) in [6, 6.07) is 0. The van der Waals surface area contributed by atoms with Gasteiger partial charge in [0.25, 0.3) is 0 Å². The van der Waals surface area contributed by atoms with E-state index >= 15 is 0 Å². The van der Waals surface area contributed by atoms with Crippen LogP contribution in [-0.4, -0.2) is 0 Å². The molecular weight excluding hydrogens is 168 g/mol. The second-order valence-corrected chi connectivity index (χ2v) is 6.35. The Morgan fingerprint density at radius 3 is 2.36 bits per heavy atom. The summed E-state index contributed by atoms with van der Waals surface area (Å²) in [5.74, 6) is 2.62. The first-order valence-corrected chi connectivity index (χ1v) is 6.25. The molecule has 1 radical (unpaired) electrons. The van der Waals surface area contributed by atoms with Crippen LogP contribution in [0.3, 0.4) is 0 Å². The van der Waals surface area contributed by atoms with E-state index in [0.29, 0.717) is 5.41 Å². The smallest absolute Gasteiger partial charge is 0.0321 e. The lowest BCUT2D eigenvalue weighted by Crippen LogP contribution is -2.29. The summed E-state index contributed by atoms with van der Waals surface area (Å²) in [4.78, 5) is 0. The second-order valence-electron chi connectivity index (χ2n) is 6.35. The van der Waals surface area contributed by atoms with Crippen LogP contribution in [-0.2, 0) is 0 Å². The van der Waals surface area contributed by atoms with E-state index in [0.717, 1.165) is 17.8 Å². The van der Waals surface area contributed by atoms with Crippen LogP contribution in [0, 0.1) is 29.6 Å². The van der Waals surface area contributed by atoms with Gasteiger partial charge in [-0.1, -0.05) is 41.0 Å². The van der Waals surface area contributed by atoms with Gasteiger partial charge in [0.05, 0.1) is 0 Å². The van der Waals surface area contributed by atoms with Gasteiger partial charge in [-0.3, -0.25) is 0 Å². The van der Waals surface area contributed by atoms with Gasteiger partial charge < -0.3 is 0 Å². The first-order chi connectivity index (χ1) is 6.42. The van der Waals surface area contributed by atoms with E-state index in [9.17, 15) is 0 Å². The highest BCUT2D eigenvalue weighted by molar-refractivity contribution is 4.92. The highest BCUT2D eigenvalue weighted by Gasteiger charge is 2.32. The van der Waals surface area contributed by atoms with Crippen LogP contribution in [0.2, 0.25) is 0 Å². The third kappa shape index (κ3) is 3.29. The lowest BCUT2D eigenvalue weighted by Gasteiger charge is -2.39. The van der Waals surface area contributed by atoms with Gasteiger partial charge >= 0.3 is 0 Å². The molecule has 1 aliphatic carbocycles. The molecule has 0 aromatic carbocycles. The van der Waals surface area contributed by atoms with Crippen LogP contribution < -0.4 is 0 Å². The monoisotopic (exact) mass is 195 g/mol. The van der Waals surface area contributed by atoms with Crippen molar-refractivity contribution in [2.45, 2.75) is 60.3 Å². The zero-order chi connectivity index (χ0) is 10.8. The molecule has 0 nitrogen and oxygen atoms in total. The molecule has 14 heavy (non-hydrogen) atoms. The zero-order valence-corrected chi connectivity index (χ0v) is 10.6. The van der Waals surface area contributed by atoms with E-state index in [1.165, 1.54) is 25.7 Å². The Hall–Kier alpha value is 0. The molecule has 0 saturated heterocycles. The zero-order valence-electron chi connectivity index (χ0n) is 10.6. The Kier molecular flexibility index (Phi) is 4.04. The Bertz CT molecular complexity index is 159. The van der Waals surface area contributed by atoms with Crippen LogP contribution in [0.25, 0.3) is 0 Å². The number of rotatable bonds is 3. The van der Waals surface area contributed by atoms with Gasteiger partial charge in [-0.15, -0.1) is 0 Å². The standard InChI is InChI=1S/C14H27/c1-11(2)10-14(4,5)13-8-6-12(3)7-9-13/h8,11-13H,6-7,9-10H2,1-5H3. The predicted molar refractivity (Wildman–Crippen MR) is 64.0 cm³/mol. The van der Waals surface area contributed by atoms with E-state index in [1.54, 1.807) is 0 Å². The summed E-state index contributed by atoms with van der Waals surface area (Å²) in [6.45, 7) is 12.0. The quantitative estimate of drug-likeness (QED) is 0.612. The molecule has 0 amide bonds. The van der Waals surface area contributed by atoms with Crippen LogP contribution in [0.5, 0.6) is 0 Å². The molecule has 0 aromatic rings. The first kappa shape index (κ1) is 12.1. The van der Waals surface area contributed by atoms with Gasteiger partial charge in [0.1, 0.15) is 0 Å². The fraction of sp³-hybridized carbons (Fsp3) is 0.929. The van der Waals surface area contributed by atoms with Gasteiger partial charge in [0.2, 0.25) is 0 Å². The van der Waals surface area contributed by atoms with E-state index in [4.69, 9.17) is 0 Å². The molecule has 2 unspecified atom stereocenters. The van der Waals surface area contributed by atoms with Gasteiger partial charge in [0, 0.05) is 0 Å². The van der Waals surface area contributed by atoms with Crippen LogP contribution in [0.4, 0.5) is 0 Å². The molecular formula is C14H27. The van der Waals surface area contributed by atoms with Crippen molar-refractivity contribution in [3.8, 4) is 0 Å². The lowest BCUT2D eigenvalue weighted by molar-refractivity contribution is 0.154. The summed E-state index contributed by atoms with van der Waals surface area (Å²) in [7, 11) is 0. The summed E-state index contributed by atoms with van der Waals surface area (Å²) in [5.41, 5.74) is 0.522. The average Bonchev–Trinajstić information content (AvgIpc) is 2.02. The number of hydrogen-bond acceptors (Lipinski definition) is 0. The highest BCUT2D eigenvalue weighted by Crippen LogP contribution is 2.42. The Morgan fingerprint density at radius 2 is 1.93 bits per heavy atom. The minimum absolute atomic E-state index is 0.522. The molecule has 1 rings (SSSR count). The van der Waals surface area contributed by atoms with Gasteiger partial charge in [-0.05, 0) is 48.9 Å². The van der Waals surface area contributed by atoms with E-state index in [-0.39, 0.29) is 0 Å². The summed E-state index contributed by atoms with van der Waals surface area (Å²) >= 11 is 0. The summed E-state index contributed by atoms with van der Waals surface area (Å²) in [6.07, 6.45) is 8.15. The Labute approximate surface area is 90.5 Å². The second kappa shape index (κ2) is 4.68. The topological polar surface area (TPSA) is 0 Å².